The SMILES string of the molecule is O=C(OC1=C2C=C3CC=CC3(C=C1)C2)c1ccccc1. The first-order valence-corrected chi connectivity index (χ1v) is 6.85. The van der Waals surface area contributed by atoms with Gasteiger partial charge in [-0.15, -0.1) is 0 Å². The molecule has 0 N–H and O–H groups in total. The molecule has 0 aromatic heterocycles. The summed E-state index contributed by atoms with van der Waals surface area (Å²) < 4.78 is 5.55. The summed E-state index contributed by atoms with van der Waals surface area (Å²) in [6, 6.07) is 9.11. The molecule has 98 valence electrons. The van der Waals surface area contributed by atoms with Crippen LogP contribution in [0.5, 0.6) is 0 Å². The molecule has 2 bridgehead atoms. The minimum atomic E-state index is -0.292. The zero-order valence-electron chi connectivity index (χ0n) is 11.0. The standard InChI is InChI=1S/C18H14O2/c19-17(13-5-2-1-3-6-13)20-16-8-10-18-9-4-7-15(18)11-14(16)12-18/h1-6,8-11H,7,12H2. The Balaban J connectivity index is 1.61. The minimum absolute atomic E-state index is 0.0813. The van der Waals surface area contributed by atoms with Gasteiger partial charge in [0.15, 0.2) is 0 Å². The van der Waals surface area contributed by atoms with E-state index in [0.717, 1.165) is 18.4 Å². The Morgan fingerprint density at radius 2 is 2.00 bits per heavy atom. The molecule has 0 fully saturated rings. The van der Waals surface area contributed by atoms with Crippen LogP contribution in [0.4, 0.5) is 0 Å². The Kier molecular flexibility index (Phi) is 2.34. The van der Waals surface area contributed by atoms with Crippen molar-refractivity contribution in [1.82, 2.24) is 0 Å². The lowest BCUT2D eigenvalue weighted by molar-refractivity contribution is 0.0632. The first-order valence-electron chi connectivity index (χ1n) is 6.85. The molecule has 1 aromatic carbocycles. The number of ether oxygens (including phenoxy) is 1. The molecule has 1 spiro atoms. The van der Waals surface area contributed by atoms with Gasteiger partial charge in [-0.1, -0.05) is 48.1 Å². The molecule has 0 amide bonds. The number of carbonyl (C=O) groups excluding carboxylic acids is 1. The monoisotopic (exact) mass is 262 g/mol. The van der Waals surface area contributed by atoms with E-state index in [4.69, 9.17) is 4.74 Å². The van der Waals surface area contributed by atoms with Crippen LogP contribution in [0.3, 0.4) is 0 Å². The van der Waals surface area contributed by atoms with Gasteiger partial charge in [0.05, 0.1) is 5.56 Å². The van der Waals surface area contributed by atoms with Gasteiger partial charge in [0.25, 0.3) is 0 Å². The van der Waals surface area contributed by atoms with Crippen LogP contribution in [0.25, 0.3) is 0 Å². The fourth-order valence-electron chi connectivity index (χ4n) is 3.18. The zero-order valence-corrected chi connectivity index (χ0v) is 11.0. The van der Waals surface area contributed by atoms with Crippen molar-refractivity contribution in [2.45, 2.75) is 12.8 Å². The topological polar surface area (TPSA) is 26.3 Å². The maximum atomic E-state index is 12.1. The molecule has 0 aliphatic heterocycles. The Bertz CT molecular complexity index is 704. The van der Waals surface area contributed by atoms with E-state index in [1.54, 1.807) is 12.1 Å². The Labute approximate surface area is 117 Å². The summed E-state index contributed by atoms with van der Waals surface area (Å²) in [6.07, 6.45) is 12.7. The molecule has 1 aromatic rings. The summed E-state index contributed by atoms with van der Waals surface area (Å²) in [5.74, 6) is 0.402. The minimum Gasteiger partial charge on any atom is -0.423 e. The highest BCUT2D eigenvalue weighted by Gasteiger charge is 2.40. The van der Waals surface area contributed by atoms with Crippen molar-refractivity contribution in [3.63, 3.8) is 0 Å². The van der Waals surface area contributed by atoms with Gasteiger partial charge < -0.3 is 4.74 Å². The highest BCUT2D eigenvalue weighted by atomic mass is 16.5. The zero-order chi connectivity index (χ0) is 13.6. The molecule has 0 saturated heterocycles. The van der Waals surface area contributed by atoms with Crippen molar-refractivity contribution in [2.75, 3.05) is 0 Å². The second kappa shape index (κ2) is 4.07. The third kappa shape index (κ3) is 1.61. The molecule has 3 aliphatic carbocycles. The molecule has 0 heterocycles. The molecule has 4 rings (SSSR count). The molecule has 20 heavy (non-hydrogen) atoms. The van der Waals surface area contributed by atoms with Crippen LogP contribution in [-0.2, 0) is 4.74 Å². The third-order valence-electron chi connectivity index (χ3n) is 4.24. The van der Waals surface area contributed by atoms with Crippen LogP contribution in [0.2, 0.25) is 0 Å². The van der Waals surface area contributed by atoms with E-state index in [0.29, 0.717) is 11.3 Å². The number of hydrogen-bond acceptors (Lipinski definition) is 2. The smallest absolute Gasteiger partial charge is 0.343 e. The lowest BCUT2D eigenvalue weighted by atomic mass is 9.81. The van der Waals surface area contributed by atoms with E-state index in [1.165, 1.54) is 5.57 Å². The molecule has 1 atom stereocenters. The highest BCUT2D eigenvalue weighted by molar-refractivity contribution is 5.90. The van der Waals surface area contributed by atoms with Gasteiger partial charge >= 0.3 is 5.97 Å². The summed E-state index contributed by atoms with van der Waals surface area (Å²) in [7, 11) is 0. The molecular formula is C18H14O2. The summed E-state index contributed by atoms with van der Waals surface area (Å²) >= 11 is 0. The normalized spacial score (nSPS) is 25.7. The third-order valence-corrected chi connectivity index (χ3v) is 4.24. The maximum absolute atomic E-state index is 12.1. The van der Waals surface area contributed by atoms with Crippen LogP contribution in [0, 0.1) is 5.41 Å². The first kappa shape index (κ1) is 11.5. The Hall–Kier alpha value is -2.35. The largest absolute Gasteiger partial charge is 0.423 e. The second-order valence-electron chi connectivity index (χ2n) is 5.47. The van der Waals surface area contributed by atoms with Crippen molar-refractivity contribution in [2.24, 2.45) is 5.41 Å². The molecule has 2 heteroatoms. The number of allylic oxidation sites excluding steroid dienone is 7. The fraction of sp³-hybridized carbons (Fsp3) is 0.167. The van der Waals surface area contributed by atoms with Gasteiger partial charge in [0.1, 0.15) is 5.76 Å². The quantitative estimate of drug-likeness (QED) is 0.596. The first-order chi connectivity index (χ1) is 9.77. The number of hydrogen-bond donors (Lipinski definition) is 0. The number of esters is 1. The predicted octanol–water partition coefficient (Wildman–Crippen LogP) is 3.94. The van der Waals surface area contributed by atoms with Gasteiger partial charge in [-0.2, -0.15) is 0 Å². The number of rotatable bonds is 2. The van der Waals surface area contributed by atoms with E-state index in [9.17, 15) is 4.79 Å². The lowest BCUT2D eigenvalue weighted by Gasteiger charge is -2.24. The Morgan fingerprint density at radius 3 is 2.85 bits per heavy atom. The molecular weight excluding hydrogens is 248 g/mol. The van der Waals surface area contributed by atoms with Crippen molar-refractivity contribution >= 4 is 5.97 Å². The van der Waals surface area contributed by atoms with Crippen LogP contribution < -0.4 is 0 Å². The lowest BCUT2D eigenvalue weighted by Crippen LogP contribution is -2.15. The summed E-state index contributed by atoms with van der Waals surface area (Å²) in [6.45, 7) is 0. The van der Waals surface area contributed by atoms with Crippen LogP contribution in [0.15, 0.2) is 77.6 Å². The number of fused-ring (bicyclic) bond motifs is 1. The average molecular weight is 262 g/mol. The second-order valence-corrected chi connectivity index (χ2v) is 5.47. The van der Waals surface area contributed by atoms with E-state index in [-0.39, 0.29) is 11.4 Å². The molecule has 1 unspecified atom stereocenters. The molecule has 0 saturated carbocycles. The predicted molar refractivity (Wildman–Crippen MR) is 76.9 cm³/mol. The van der Waals surface area contributed by atoms with Crippen LogP contribution >= 0.6 is 0 Å². The van der Waals surface area contributed by atoms with Crippen molar-refractivity contribution in [3.8, 4) is 0 Å². The average Bonchev–Trinajstić information content (AvgIpc) is 2.97. The van der Waals surface area contributed by atoms with Crippen LogP contribution in [0.1, 0.15) is 23.2 Å². The molecule has 0 radical (unpaired) electrons. The van der Waals surface area contributed by atoms with Crippen molar-refractivity contribution in [3.05, 3.63) is 83.2 Å². The van der Waals surface area contributed by atoms with E-state index < -0.39 is 0 Å². The Morgan fingerprint density at radius 1 is 1.15 bits per heavy atom. The van der Waals surface area contributed by atoms with Crippen LogP contribution in [-0.4, -0.2) is 5.97 Å². The molecule has 3 aliphatic rings. The van der Waals surface area contributed by atoms with Gasteiger partial charge in [-0.25, -0.2) is 4.79 Å². The number of carbonyl (C=O) groups is 1. The van der Waals surface area contributed by atoms with E-state index in [1.807, 2.05) is 24.3 Å². The van der Waals surface area contributed by atoms with Gasteiger partial charge in [-0.05, 0) is 36.6 Å². The summed E-state index contributed by atoms with van der Waals surface area (Å²) in [5.41, 5.74) is 3.21. The van der Waals surface area contributed by atoms with Crippen molar-refractivity contribution in [1.29, 1.82) is 0 Å². The molecule has 2 nitrogen and oxygen atoms in total. The number of benzene rings is 1. The van der Waals surface area contributed by atoms with E-state index >= 15 is 0 Å². The summed E-state index contributed by atoms with van der Waals surface area (Å²) in [5, 5.41) is 0. The van der Waals surface area contributed by atoms with E-state index in [2.05, 4.69) is 24.3 Å². The van der Waals surface area contributed by atoms with Gasteiger partial charge in [0, 0.05) is 5.41 Å². The van der Waals surface area contributed by atoms with Crippen molar-refractivity contribution < 1.29 is 9.53 Å². The maximum Gasteiger partial charge on any atom is 0.343 e. The fourth-order valence-corrected chi connectivity index (χ4v) is 3.18. The summed E-state index contributed by atoms with van der Waals surface area (Å²) in [4.78, 5) is 12.1. The van der Waals surface area contributed by atoms with Gasteiger partial charge in [-0.3, -0.25) is 0 Å². The highest BCUT2D eigenvalue weighted by Crippen LogP contribution is 2.52. The van der Waals surface area contributed by atoms with Gasteiger partial charge in [0.2, 0.25) is 0 Å².